The maximum atomic E-state index is 12.2. The zero-order chi connectivity index (χ0) is 15.9. The van der Waals surface area contributed by atoms with Gasteiger partial charge in [0, 0.05) is 13.1 Å². The molecule has 0 saturated carbocycles. The normalized spacial score (nSPS) is 16.6. The highest BCUT2D eigenvalue weighted by atomic mass is 32.2. The zero-order valence-electron chi connectivity index (χ0n) is 12.8. The van der Waals surface area contributed by atoms with Crippen LogP contribution in [0.1, 0.15) is 19.4 Å². The molecule has 1 aliphatic heterocycles. The number of nitrogens with one attached hydrogen (secondary N) is 1. The Morgan fingerprint density at radius 3 is 2.59 bits per heavy atom. The van der Waals surface area contributed by atoms with Crippen molar-refractivity contribution >= 4 is 29.0 Å². The summed E-state index contributed by atoms with van der Waals surface area (Å²) >= 11 is 0.989. The van der Waals surface area contributed by atoms with Crippen LogP contribution in [0.2, 0.25) is 0 Å². The Morgan fingerprint density at radius 2 is 1.95 bits per heavy atom. The second-order valence-electron chi connectivity index (χ2n) is 4.69. The fourth-order valence-corrected chi connectivity index (χ4v) is 2.90. The number of carbonyl (C=O) groups is 2. The van der Waals surface area contributed by atoms with Crippen molar-refractivity contribution in [2.24, 2.45) is 0 Å². The van der Waals surface area contributed by atoms with Gasteiger partial charge in [0.25, 0.3) is 11.1 Å². The van der Waals surface area contributed by atoms with Crippen molar-refractivity contribution in [2.75, 3.05) is 26.2 Å². The van der Waals surface area contributed by atoms with Gasteiger partial charge < -0.3 is 10.1 Å². The molecule has 0 atom stereocenters. The van der Waals surface area contributed by atoms with Crippen molar-refractivity contribution < 1.29 is 14.3 Å². The minimum absolute atomic E-state index is 0.208. The van der Waals surface area contributed by atoms with Crippen LogP contribution >= 0.6 is 11.8 Å². The van der Waals surface area contributed by atoms with Crippen LogP contribution in [0.3, 0.4) is 0 Å². The largest absolute Gasteiger partial charge is 0.494 e. The van der Waals surface area contributed by atoms with Crippen LogP contribution in [0.5, 0.6) is 5.75 Å². The van der Waals surface area contributed by atoms with E-state index in [-0.39, 0.29) is 11.1 Å². The molecule has 6 heteroatoms. The van der Waals surface area contributed by atoms with E-state index in [1.165, 1.54) is 4.90 Å². The molecule has 2 rings (SSSR count). The minimum atomic E-state index is -0.221. The van der Waals surface area contributed by atoms with E-state index < -0.39 is 0 Å². The lowest BCUT2D eigenvalue weighted by Gasteiger charge is -2.11. The van der Waals surface area contributed by atoms with Gasteiger partial charge >= 0.3 is 0 Å². The molecule has 118 valence electrons. The van der Waals surface area contributed by atoms with Gasteiger partial charge in [0.05, 0.1) is 11.5 Å². The van der Waals surface area contributed by atoms with Crippen LogP contribution < -0.4 is 10.1 Å². The molecule has 1 N–H and O–H groups in total. The third kappa shape index (κ3) is 4.11. The van der Waals surface area contributed by atoms with E-state index in [0.29, 0.717) is 24.6 Å². The molecule has 1 aromatic carbocycles. The number of thioether (sulfide) groups is 1. The topological polar surface area (TPSA) is 58.6 Å². The van der Waals surface area contributed by atoms with E-state index in [4.69, 9.17) is 4.74 Å². The third-order valence-electron chi connectivity index (χ3n) is 3.12. The Kier molecular flexibility index (Phi) is 6.03. The van der Waals surface area contributed by atoms with Crippen molar-refractivity contribution in [1.82, 2.24) is 10.2 Å². The summed E-state index contributed by atoms with van der Waals surface area (Å²) in [7, 11) is 0. The number of nitrogens with zero attached hydrogens (tertiary/aromatic N) is 1. The highest BCUT2D eigenvalue weighted by Crippen LogP contribution is 2.32. The smallest absolute Gasteiger partial charge is 0.293 e. The van der Waals surface area contributed by atoms with E-state index in [1.54, 1.807) is 6.08 Å². The first kappa shape index (κ1) is 16.6. The van der Waals surface area contributed by atoms with Crippen LogP contribution in [-0.4, -0.2) is 42.3 Å². The molecule has 0 unspecified atom stereocenters. The molecule has 0 radical (unpaired) electrons. The number of hydrogen-bond donors (Lipinski definition) is 1. The number of likely N-dealkylation sites (N-methyl/N-ethyl adjacent to an activating group) is 1. The molecule has 0 spiro atoms. The molecule has 22 heavy (non-hydrogen) atoms. The van der Waals surface area contributed by atoms with Crippen LogP contribution in [0.25, 0.3) is 6.08 Å². The molecule has 1 aromatic rings. The average molecular weight is 320 g/mol. The first-order valence-electron chi connectivity index (χ1n) is 7.34. The van der Waals surface area contributed by atoms with Gasteiger partial charge in [-0.05, 0) is 49.0 Å². The Labute approximate surface area is 134 Å². The number of amides is 2. The Hall–Kier alpha value is -1.79. The lowest BCUT2D eigenvalue weighted by molar-refractivity contribution is -0.122. The fraction of sp³-hybridized carbons (Fsp3) is 0.375. The van der Waals surface area contributed by atoms with Crippen LogP contribution in [0.4, 0.5) is 4.79 Å². The molecular formula is C16H20N2O3S. The maximum Gasteiger partial charge on any atom is 0.293 e. The van der Waals surface area contributed by atoms with E-state index in [1.807, 2.05) is 38.1 Å². The lowest BCUT2D eigenvalue weighted by atomic mass is 10.2. The van der Waals surface area contributed by atoms with Crippen molar-refractivity contribution in [3.05, 3.63) is 34.7 Å². The van der Waals surface area contributed by atoms with Gasteiger partial charge in [0.15, 0.2) is 0 Å². The number of carbonyl (C=O) groups excluding carboxylic acids is 2. The molecule has 1 heterocycles. The second-order valence-corrected chi connectivity index (χ2v) is 5.68. The number of benzene rings is 1. The summed E-state index contributed by atoms with van der Waals surface area (Å²) in [5, 5.41) is 2.90. The van der Waals surface area contributed by atoms with Crippen molar-refractivity contribution in [3.63, 3.8) is 0 Å². The molecular weight excluding hydrogens is 300 g/mol. The standard InChI is InChI=1S/C16H20N2O3S/c1-3-17-9-10-18-15(19)14(22-16(18)20)11-12-5-7-13(8-6-12)21-4-2/h5-8,11,17H,3-4,9-10H2,1-2H3. The average Bonchev–Trinajstić information content (AvgIpc) is 2.77. The van der Waals surface area contributed by atoms with Crippen LogP contribution in [0, 0.1) is 0 Å². The summed E-state index contributed by atoms with van der Waals surface area (Å²) < 4.78 is 5.38. The van der Waals surface area contributed by atoms with Crippen molar-refractivity contribution in [1.29, 1.82) is 0 Å². The minimum Gasteiger partial charge on any atom is -0.494 e. The molecule has 0 aliphatic carbocycles. The van der Waals surface area contributed by atoms with E-state index >= 15 is 0 Å². The third-order valence-corrected chi connectivity index (χ3v) is 4.03. The molecule has 1 saturated heterocycles. The van der Waals surface area contributed by atoms with Crippen molar-refractivity contribution in [2.45, 2.75) is 13.8 Å². The predicted octanol–water partition coefficient (Wildman–Crippen LogP) is 2.73. The van der Waals surface area contributed by atoms with Gasteiger partial charge in [0.1, 0.15) is 5.75 Å². The monoisotopic (exact) mass is 320 g/mol. The summed E-state index contributed by atoms with van der Waals surface area (Å²) in [6, 6.07) is 7.45. The van der Waals surface area contributed by atoms with Gasteiger partial charge in [0.2, 0.25) is 0 Å². The van der Waals surface area contributed by atoms with E-state index in [0.717, 1.165) is 29.6 Å². The second kappa shape index (κ2) is 8.00. The molecule has 0 bridgehead atoms. The van der Waals surface area contributed by atoms with Gasteiger partial charge in [-0.3, -0.25) is 14.5 Å². The number of hydrogen-bond acceptors (Lipinski definition) is 5. The van der Waals surface area contributed by atoms with Crippen LogP contribution in [0.15, 0.2) is 29.2 Å². The Morgan fingerprint density at radius 1 is 1.23 bits per heavy atom. The SMILES string of the molecule is CCNCCN1C(=O)SC(=Cc2ccc(OCC)cc2)C1=O. The quantitative estimate of drug-likeness (QED) is 0.618. The summed E-state index contributed by atoms with van der Waals surface area (Å²) in [5.41, 5.74) is 0.876. The van der Waals surface area contributed by atoms with Crippen LogP contribution in [-0.2, 0) is 4.79 Å². The molecule has 0 aromatic heterocycles. The summed E-state index contributed by atoms with van der Waals surface area (Å²) in [4.78, 5) is 25.9. The first-order chi connectivity index (χ1) is 10.7. The van der Waals surface area contributed by atoms with Gasteiger partial charge in [-0.25, -0.2) is 0 Å². The lowest BCUT2D eigenvalue weighted by Crippen LogP contribution is -2.35. The van der Waals surface area contributed by atoms with Gasteiger partial charge in [-0.1, -0.05) is 19.1 Å². The Bertz CT molecular complexity index is 569. The first-order valence-corrected chi connectivity index (χ1v) is 8.16. The van der Waals surface area contributed by atoms with Gasteiger partial charge in [-0.15, -0.1) is 0 Å². The molecule has 1 fully saturated rings. The van der Waals surface area contributed by atoms with Crippen molar-refractivity contribution in [3.8, 4) is 5.75 Å². The number of imide groups is 1. The number of rotatable bonds is 7. The fourth-order valence-electron chi connectivity index (χ4n) is 2.04. The summed E-state index contributed by atoms with van der Waals surface area (Å²) in [6.07, 6.45) is 1.74. The van der Waals surface area contributed by atoms with E-state index in [2.05, 4.69) is 5.32 Å². The highest BCUT2D eigenvalue weighted by Gasteiger charge is 2.34. The van der Waals surface area contributed by atoms with Gasteiger partial charge in [-0.2, -0.15) is 0 Å². The molecule has 5 nitrogen and oxygen atoms in total. The number of ether oxygens (including phenoxy) is 1. The predicted molar refractivity (Wildman–Crippen MR) is 88.8 cm³/mol. The summed E-state index contributed by atoms with van der Waals surface area (Å²) in [5.74, 6) is 0.570. The summed E-state index contributed by atoms with van der Waals surface area (Å²) in [6.45, 7) is 6.36. The Balaban J connectivity index is 2.05. The van der Waals surface area contributed by atoms with E-state index in [9.17, 15) is 9.59 Å². The molecule has 1 aliphatic rings. The molecule has 2 amide bonds. The maximum absolute atomic E-state index is 12.2. The highest BCUT2D eigenvalue weighted by molar-refractivity contribution is 8.18. The zero-order valence-corrected chi connectivity index (χ0v) is 13.6.